The molecule has 0 aliphatic heterocycles. The lowest BCUT2D eigenvalue weighted by molar-refractivity contribution is 0.684. The summed E-state index contributed by atoms with van der Waals surface area (Å²) in [4.78, 5) is 19.5. The summed E-state index contributed by atoms with van der Waals surface area (Å²) < 4.78 is 0. The van der Waals surface area contributed by atoms with Crippen LogP contribution in [0.5, 0.6) is 0 Å². The van der Waals surface area contributed by atoms with Gasteiger partial charge >= 0.3 is 0 Å². The Morgan fingerprint density at radius 3 is 0.562 bits per heavy atom. The van der Waals surface area contributed by atoms with Crippen molar-refractivity contribution in [2.45, 2.75) is 51.4 Å². The molecule has 0 radical (unpaired) electrons. The van der Waals surface area contributed by atoms with Gasteiger partial charge in [0.2, 0.25) is 0 Å². The van der Waals surface area contributed by atoms with Crippen molar-refractivity contribution in [3.63, 3.8) is 0 Å². The van der Waals surface area contributed by atoms with Crippen LogP contribution in [0.15, 0.2) is 194 Å². The molecule has 4 nitrogen and oxygen atoms in total. The lowest BCUT2D eigenvalue weighted by Gasteiger charge is -2.13. The number of nitrogens with zero attached hydrogens (tertiary/aromatic N) is 4. The number of hydrogen-bond donors (Lipinski definition) is 0. The number of aromatic nitrogens is 4. The predicted molar refractivity (Wildman–Crippen MR) is 270 cm³/mol. The molecule has 0 fully saturated rings. The number of pyridine rings is 4. The van der Waals surface area contributed by atoms with E-state index in [9.17, 15) is 0 Å². The van der Waals surface area contributed by atoms with Crippen LogP contribution in [-0.2, 0) is 25.7 Å². The van der Waals surface area contributed by atoms with E-state index in [0.29, 0.717) is 0 Å². The van der Waals surface area contributed by atoms with Crippen molar-refractivity contribution in [3.05, 3.63) is 216 Å². The molecule has 0 atom stereocenters. The van der Waals surface area contributed by atoms with Crippen molar-refractivity contribution in [2.75, 3.05) is 0 Å². The molecule has 0 saturated carbocycles. The van der Waals surface area contributed by atoms with Gasteiger partial charge in [-0.1, -0.05) is 152 Å². The van der Waals surface area contributed by atoms with Crippen molar-refractivity contribution in [1.82, 2.24) is 19.9 Å². The quantitative estimate of drug-likeness (QED) is 0.102. The van der Waals surface area contributed by atoms with E-state index < -0.39 is 0 Å². The van der Waals surface area contributed by atoms with Crippen molar-refractivity contribution in [3.8, 4) is 0 Å². The Balaban J connectivity index is 0.000000143. The highest BCUT2D eigenvalue weighted by atomic mass is 14.7. The molecule has 12 rings (SSSR count). The van der Waals surface area contributed by atoms with E-state index >= 15 is 0 Å². The average Bonchev–Trinajstić information content (AvgIpc) is 3.35. The third kappa shape index (κ3) is 7.66. The zero-order valence-corrected chi connectivity index (χ0v) is 35.9. The van der Waals surface area contributed by atoms with Gasteiger partial charge in [0.15, 0.2) is 0 Å². The summed E-state index contributed by atoms with van der Waals surface area (Å²) in [6.07, 6.45) is 8.86. The SMILES string of the molecule is c1ccc2c(CCCCCc3c4ccccc4nc4ccccc34)c3ccccc3nc2c1.c1ccc2c(CCCc3c4ccccc4nc4ccccc34)c3ccccc3nc2c1. The molecule has 0 aliphatic carbocycles. The number of aryl methyl sites for hydroxylation is 4. The van der Waals surface area contributed by atoms with Crippen LogP contribution in [-0.4, -0.2) is 19.9 Å². The standard InChI is InChI=1S/C31H26N2.C29H22N2/c1(2-12-22-24-14-4-8-18-28(24)32-29-19-9-5-15-25(22)29)3-13-23-26-16-6-10-20-30(26)33-31-21-11-7-17-27(23)31;1-5-16-26-22(10-1)20(23-11-2-6-17-27(23)30-26)14-9-15-21-24-12-3-7-18-28(24)31-29-19-8-4-13-25(21)29/h4-11,14-21H,1-3,12-13H2;1-8,10-13,16-19H,9,14-15H2. The number of para-hydroxylation sites is 8. The van der Waals surface area contributed by atoms with E-state index in [1.54, 1.807) is 0 Å². The molecule has 12 aromatic rings. The maximum Gasteiger partial charge on any atom is 0.0712 e. The molecule has 0 aliphatic rings. The summed E-state index contributed by atoms with van der Waals surface area (Å²) in [6.45, 7) is 0. The Kier molecular flexibility index (Phi) is 10.8. The Bertz CT molecular complexity index is 3190. The maximum atomic E-state index is 4.88. The first-order valence-electron chi connectivity index (χ1n) is 22.8. The van der Waals surface area contributed by atoms with E-state index in [4.69, 9.17) is 19.9 Å². The summed E-state index contributed by atoms with van der Waals surface area (Å²) in [5.41, 5.74) is 14.4. The van der Waals surface area contributed by atoms with Crippen LogP contribution in [0.1, 0.15) is 47.9 Å². The summed E-state index contributed by atoms with van der Waals surface area (Å²) >= 11 is 0. The van der Waals surface area contributed by atoms with Gasteiger partial charge in [0.25, 0.3) is 0 Å². The van der Waals surface area contributed by atoms with Crippen LogP contribution in [0.4, 0.5) is 0 Å². The monoisotopic (exact) mass is 824 g/mol. The lowest BCUT2D eigenvalue weighted by Crippen LogP contribution is -1.97. The predicted octanol–water partition coefficient (Wildman–Crippen LogP) is 15.3. The minimum atomic E-state index is 1.02. The molecule has 0 spiro atoms. The van der Waals surface area contributed by atoms with Gasteiger partial charge < -0.3 is 0 Å². The largest absolute Gasteiger partial charge is 0.248 e. The van der Waals surface area contributed by atoms with Gasteiger partial charge in [-0.15, -0.1) is 0 Å². The molecule has 0 amide bonds. The Morgan fingerprint density at radius 2 is 0.359 bits per heavy atom. The minimum Gasteiger partial charge on any atom is -0.248 e. The first kappa shape index (κ1) is 39.3. The molecule has 0 N–H and O–H groups in total. The number of rotatable bonds is 10. The molecule has 308 valence electrons. The van der Waals surface area contributed by atoms with Gasteiger partial charge in [-0.2, -0.15) is 0 Å². The van der Waals surface area contributed by atoms with Gasteiger partial charge in [-0.3, -0.25) is 0 Å². The van der Waals surface area contributed by atoms with E-state index in [1.807, 2.05) is 0 Å². The van der Waals surface area contributed by atoms with Crippen LogP contribution in [0.25, 0.3) is 87.2 Å². The highest BCUT2D eigenvalue weighted by Crippen LogP contribution is 2.32. The van der Waals surface area contributed by atoms with Gasteiger partial charge in [0, 0.05) is 43.1 Å². The Hall–Kier alpha value is -7.56. The van der Waals surface area contributed by atoms with Gasteiger partial charge in [0.1, 0.15) is 0 Å². The first-order chi connectivity index (χ1) is 31.8. The van der Waals surface area contributed by atoms with Crippen LogP contribution in [0, 0.1) is 0 Å². The highest BCUT2D eigenvalue weighted by molar-refractivity contribution is 6.00. The lowest BCUT2D eigenvalue weighted by atomic mass is 9.94. The second-order valence-electron chi connectivity index (χ2n) is 16.9. The van der Waals surface area contributed by atoms with Gasteiger partial charge in [-0.05, 0) is 116 Å². The van der Waals surface area contributed by atoms with Crippen molar-refractivity contribution in [2.24, 2.45) is 0 Å². The summed E-state index contributed by atoms with van der Waals surface area (Å²) in [5.74, 6) is 0. The molecule has 0 unspecified atom stereocenters. The normalized spacial score (nSPS) is 11.6. The zero-order valence-electron chi connectivity index (χ0n) is 35.9. The van der Waals surface area contributed by atoms with Crippen LogP contribution < -0.4 is 0 Å². The van der Waals surface area contributed by atoms with Gasteiger partial charge in [-0.25, -0.2) is 19.9 Å². The van der Waals surface area contributed by atoms with Crippen LogP contribution >= 0.6 is 0 Å². The summed E-state index contributed by atoms with van der Waals surface area (Å²) in [6, 6.07) is 68.3. The third-order valence-corrected chi connectivity index (χ3v) is 13.0. The zero-order chi connectivity index (χ0) is 42.7. The number of unbranched alkanes of at least 4 members (excludes halogenated alkanes) is 2. The Labute approximate surface area is 373 Å². The smallest absolute Gasteiger partial charge is 0.0712 e. The molecule has 64 heavy (non-hydrogen) atoms. The fourth-order valence-electron chi connectivity index (χ4n) is 10.0. The van der Waals surface area contributed by atoms with Crippen molar-refractivity contribution < 1.29 is 0 Å². The van der Waals surface area contributed by atoms with E-state index in [2.05, 4.69) is 194 Å². The van der Waals surface area contributed by atoms with Gasteiger partial charge in [0.05, 0.1) is 44.1 Å². The second kappa shape index (κ2) is 17.7. The molecule has 8 aromatic carbocycles. The van der Waals surface area contributed by atoms with Crippen LogP contribution in [0.2, 0.25) is 0 Å². The number of hydrogen-bond acceptors (Lipinski definition) is 4. The van der Waals surface area contributed by atoms with E-state index in [-0.39, 0.29) is 0 Å². The number of fused-ring (bicyclic) bond motifs is 8. The second-order valence-corrected chi connectivity index (χ2v) is 16.9. The van der Waals surface area contributed by atoms with E-state index in [0.717, 1.165) is 76.2 Å². The summed E-state index contributed by atoms with van der Waals surface area (Å²) in [5, 5.41) is 10.3. The van der Waals surface area contributed by atoms with Crippen molar-refractivity contribution in [1.29, 1.82) is 0 Å². The molecule has 4 heterocycles. The van der Waals surface area contributed by atoms with Crippen LogP contribution in [0.3, 0.4) is 0 Å². The number of benzene rings is 8. The average molecular weight is 825 g/mol. The Morgan fingerprint density at radius 1 is 0.188 bits per heavy atom. The molecule has 4 aromatic heterocycles. The van der Waals surface area contributed by atoms with Crippen molar-refractivity contribution >= 4 is 87.2 Å². The fourth-order valence-corrected chi connectivity index (χ4v) is 10.0. The topological polar surface area (TPSA) is 51.6 Å². The van der Waals surface area contributed by atoms with E-state index in [1.165, 1.54) is 84.6 Å². The molecule has 0 bridgehead atoms. The summed E-state index contributed by atoms with van der Waals surface area (Å²) in [7, 11) is 0. The third-order valence-electron chi connectivity index (χ3n) is 13.0. The molecule has 4 heteroatoms. The minimum absolute atomic E-state index is 1.02. The first-order valence-corrected chi connectivity index (χ1v) is 22.8. The highest BCUT2D eigenvalue weighted by Gasteiger charge is 2.13. The molecule has 0 saturated heterocycles. The fraction of sp³-hybridized carbons (Fsp3) is 0.133. The molecular weight excluding hydrogens is 777 g/mol. The maximum absolute atomic E-state index is 4.88. The molecular formula is C60H48N4.